The summed E-state index contributed by atoms with van der Waals surface area (Å²) in [5.74, 6) is -0.474. The van der Waals surface area contributed by atoms with Crippen molar-refractivity contribution >= 4 is 28.5 Å². The zero-order chi connectivity index (χ0) is 17.1. The van der Waals surface area contributed by atoms with E-state index in [2.05, 4.69) is 5.32 Å². The summed E-state index contributed by atoms with van der Waals surface area (Å²) in [5, 5.41) is 3.34. The number of amides is 1. The van der Waals surface area contributed by atoms with E-state index in [9.17, 15) is 14.4 Å². The van der Waals surface area contributed by atoms with Gasteiger partial charge in [-0.1, -0.05) is 0 Å². The maximum absolute atomic E-state index is 12.1. The van der Waals surface area contributed by atoms with Gasteiger partial charge >= 0.3 is 11.6 Å². The van der Waals surface area contributed by atoms with Crippen molar-refractivity contribution in [1.29, 1.82) is 0 Å². The van der Waals surface area contributed by atoms with Gasteiger partial charge in [0.2, 0.25) is 5.91 Å². The lowest BCUT2D eigenvalue weighted by Gasteiger charge is -2.06. The lowest BCUT2D eigenvalue weighted by atomic mass is 10.2. The summed E-state index contributed by atoms with van der Waals surface area (Å²) in [5.41, 5.74) is 0.790. The van der Waals surface area contributed by atoms with Crippen molar-refractivity contribution < 1.29 is 18.7 Å². The Morgan fingerprint density at radius 3 is 2.42 bits per heavy atom. The number of hydrogen-bond donors (Lipinski definition) is 1. The predicted octanol–water partition coefficient (Wildman–Crippen LogP) is 2.97. The van der Waals surface area contributed by atoms with E-state index in [0.29, 0.717) is 16.8 Å². The highest BCUT2D eigenvalue weighted by Gasteiger charge is 2.10. The van der Waals surface area contributed by atoms with Gasteiger partial charge in [0.15, 0.2) is 0 Å². The second-order valence-electron chi connectivity index (χ2n) is 5.10. The van der Waals surface area contributed by atoms with Crippen molar-refractivity contribution in [3.8, 4) is 5.75 Å². The van der Waals surface area contributed by atoms with Crippen LogP contribution in [0.5, 0.6) is 5.75 Å². The molecule has 6 heteroatoms. The van der Waals surface area contributed by atoms with E-state index in [-0.39, 0.29) is 11.7 Å². The summed E-state index contributed by atoms with van der Waals surface area (Å²) in [6.07, 6.45) is 0. The predicted molar refractivity (Wildman–Crippen MR) is 88.2 cm³/mol. The Balaban J connectivity index is 1.79. The zero-order valence-corrected chi connectivity index (χ0v) is 12.7. The molecule has 0 saturated heterocycles. The van der Waals surface area contributed by atoms with E-state index in [1.165, 1.54) is 19.1 Å². The molecule has 2 aromatic carbocycles. The summed E-state index contributed by atoms with van der Waals surface area (Å²) >= 11 is 0. The van der Waals surface area contributed by atoms with Crippen LogP contribution in [0.3, 0.4) is 0 Å². The van der Waals surface area contributed by atoms with Crippen molar-refractivity contribution in [2.24, 2.45) is 0 Å². The lowest BCUT2D eigenvalue weighted by Crippen LogP contribution is -2.09. The normalized spacial score (nSPS) is 10.4. The van der Waals surface area contributed by atoms with Gasteiger partial charge in [0.05, 0.1) is 5.56 Å². The monoisotopic (exact) mass is 323 g/mol. The number of rotatable bonds is 3. The molecule has 6 nitrogen and oxygen atoms in total. The molecule has 24 heavy (non-hydrogen) atoms. The van der Waals surface area contributed by atoms with E-state index >= 15 is 0 Å². The fraction of sp³-hybridized carbons (Fsp3) is 0.0556. The van der Waals surface area contributed by atoms with Gasteiger partial charge in [-0.3, -0.25) is 4.79 Å². The van der Waals surface area contributed by atoms with Crippen LogP contribution in [-0.2, 0) is 4.79 Å². The zero-order valence-electron chi connectivity index (χ0n) is 12.7. The van der Waals surface area contributed by atoms with Crippen LogP contribution in [-0.4, -0.2) is 11.9 Å². The van der Waals surface area contributed by atoms with E-state index in [4.69, 9.17) is 9.15 Å². The minimum Gasteiger partial charge on any atom is -0.423 e. The topological polar surface area (TPSA) is 85.6 Å². The molecule has 0 aliphatic carbocycles. The number of carbonyl (C=O) groups is 2. The Labute approximate surface area is 136 Å². The number of hydrogen-bond acceptors (Lipinski definition) is 5. The first kappa shape index (κ1) is 15.5. The maximum Gasteiger partial charge on any atom is 0.343 e. The van der Waals surface area contributed by atoms with Crippen LogP contribution < -0.4 is 15.7 Å². The van der Waals surface area contributed by atoms with Gasteiger partial charge in [-0.25, -0.2) is 9.59 Å². The number of nitrogens with one attached hydrogen (secondary N) is 1. The van der Waals surface area contributed by atoms with Crippen molar-refractivity contribution in [1.82, 2.24) is 0 Å². The Hall–Kier alpha value is -3.41. The Morgan fingerprint density at radius 2 is 1.71 bits per heavy atom. The number of anilines is 1. The van der Waals surface area contributed by atoms with E-state index in [1.54, 1.807) is 42.5 Å². The summed E-state index contributed by atoms with van der Waals surface area (Å²) in [7, 11) is 0. The third-order valence-corrected chi connectivity index (χ3v) is 3.25. The molecule has 1 amide bonds. The molecular weight excluding hydrogens is 310 g/mol. The smallest absolute Gasteiger partial charge is 0.343 e. The number of benzene rings is 2. The second-order valence-corrected chi connectivity index (χ2v) is 5.10. The molecule has 0 saturated carbocycles. The summed E-state index contributed by atoms with van der Waals surface area (Å²) in [6, 6.07) is 14.1. The Kier molecular flexibility index (Phi) is 4.11. The van der Waals surface area contributed by atoms with Crippen LogP contribution in [0.15, 0.2) is 63.8 Å². The fourth-order valence-electron chi connectivity index (χ4n) is 2.16. The standard InChI is InChI=1S/C18H13NO5/c1-11(20)19-14-6-2-13(3-7-14)18(22)23-15-8-4-12-5-9-17(21)24-16(12)10-15/h2-10H,1H3,(H,19,20). The minimum atomic E-state index is -0.554. The molecule has 0 aliphatic heterocycles. The van der Waals surface area contributed by atoms with E-state index in [0.717, 1.165) is 5.39 Å². The number of carbonyl (C=O) groups excluding carboxylic acids is 2. The van der Waals surface area contributed by atoms with Gasteiger partial charge in [0.1, 0.15) is 11.3 Å². The summed E-state index contributed by atoms with van der Waals surface area (Å²) in [6.45, 7) is 1.40. The highest BCUT2D eigenvalue weighted by atomic mass is 16.5. The van der Waals surface area contributed by atoms with Crippen molar-refractivity contribution in [2.45, 2.75) is 6.92 Å². The highest BCUT2D eigenvalue weighted by Crippen LogP contribution is 2.21. The lowest BCUT2D eigenvalue weighted by molar-refractivity contribution is -0.114. The maximum atomic E-state index is 12.1. The number of ether oxygens (including phenoxy) is 1. The minimum absolute atomic E-state index is 0.192. The molecule has 120 valence electrons. The fourth-order valence-corrected chi connectivity index (χ4v) is 2.16. The first-order valence-electron chi connectivity index (χ1n) is 7.15. The molecule has 0 atom stereocenters. The van der Waals surface area contributed by atoms with Crippen LogP contribution >= 0.6 is 0 Å². The molecule has 3 aromatic rings. The Bertz CT molecular complexity index is 973. The third kappa shape index (κ3) is 3.49. The highest BCUT2D eigenvalue weighted by molar-refractivity contribution is 5.93. The van der Waals surface area contributed by atoms with Crippen LogP contribution in [0, 0.1) is 0 Å². The first-order chi connectivity index (χ1) is 11.5. The van der Waals surface area contributed by atoms with Gasteiger partial charge in [-0.15, -0.1) is 0 Å². The van der Waals surface area contributed by atoms with E-state index in [1.807, 2.05) is 0 Å². The van der Waals surface area contributed by atoms with Crippen molar-refractivity contribution in [3.05, 3.63) is 70.6 Å². The summed E-state index contributed by atoms with van der Waals surface area (Å²) < 4.78 is 10.3. The first-order valence-corrected chi connectivity index (χ1v) is 7.15. The van der Waals surface area contributed by atoms with Gasteiger partial charge in [0, 0.05) is 30.1 Å². The average Bonchev–Trinajstić information content (AvgIpc) is 2.54. The van der Waals surface area contributed by atoms with Crippen LogP contribution in [0.4, 0.5) is 5.69 Å². The third-order valence-electron chi connectivity index (χ3n) is 3.25. The molecule has 1 heterocycles. The quantitative estimate of drug-likeness (QED) is 0.455. The molecule has 1 aromatic heterocycles. The van der Waals surface area contributed by atoms with Gasteiger partial charge in [-0.05, 0) is 42.5 Å². The second kappa shape index (κ2) is 6.37. The number of fused-ring (bicyclic) bond motifs is 1. The van der Waals surface area contributed by atoms with Crippen LogP contribution in [0.2, 0.25) is 0 Å². The SMILES string of the molecule is CC(=O)Nc1ccc(C(=O)Oc2ccc3ccc(=O)oc3c2)cc1. The largest absolute Gasteiger partial charge is 0.423 e. The van der Waals surface area contributed by atoms with E-state index < -0.39 is 11.6 Å². The number of esters is 1. The Morgan fingerprint density at radius 1 is 1.00 bits per heavy atom. The van der Waals surface area contributed by atoms with Gasteiger partial charge in [0.25, 0.3) is 0 Å². The van der Waals surface area contributed by atoms with Crippen LogP contribution in [0.25, 0.3) is 11.0 Å². The molecule has 0 bridgehead atoms. The molecule has 0 spiro atoms. The van der Waals surface area contributed by atoms with Crippen LogP contribution in [0.1, 0.15) is 17.3 Å². The molecule has 1 N–H and O–H groups in total. The average molecular weight is 323 g/mol. The molecule has 0 unspecified atom stereocenters. The van der Waals surface area contributed by atoms with Gasteiger partial charge < -0.3 is 14.5 Å². The molecule has 3 rings (SSSR count). The molecule has 0 fully saturated rings. The van der Waals surface area contributed by atoms with Crippen molar-refractivity contribution in [2.75, 3.05) is 5.32 Å². The molecular formula is C18H13NO5. The molecule has 0 aliphatic rings. The van der Waals surface area contributed by atoms with Crippen molar-refractivity contribution in [3.63, 3.8) is 0 Å². The van der Waals surface area contributed by atoms with Gasteiger partial charge in [-0.2, -0.15) is 0 Å². The summed E-state index contributed by atoms with van der Waals surface area (Å²) in [4.78, 5) is 34.4. The molecule has 0 radical (unpaired) electrons.